The van der Waals surface area contributed by atoms with Crippen LogP contribution in [-0.4, -0.2) is 55.7 Å². The molecule has 8 heteroatoms. The van der Waals surface area contributed by atoms with Gasteiger partial charge in [-0.05, 0) is 89.9 Å². The predicted molar refractivity (Wildman–Crippen MR) is 183 cm³/mol. The Morgan fingerprint density at radius 3 is 2.43 bits per heavy atom. The van der Waals surface area contributed by atoms with E-state index < -0.39 is 3.61 Å². The van der Waals surface area contributed by atoms with Gasteiger partial charge in [-0.25, -0.2) is 4.79 Å². The lowest BCUT2D eigenvalue weighted by atomic mass is 9.79. The Hall–Kier alpha value is -3.37. The molecule has 2 fully saturated rings. The Morgan fingerprint density at radius 2 is 1.70 bits per heavy atom. The fourth-order valence-corrected chi connectivity index (χ4v) is 6.75. The number of benzene rings is 3. The molecule has 44 heavy (non-hydrogen) atoms. The van der Waals surface area contributed by atoms with E-state index >= 15 is 0 Å². The molecule has 1 aliphatic carbocycles. The third-order valence-electron chi connectivity index (χ3n) is 8.79. The predicted octanol–water partition coefficient (Wildman–Crippen LogP) is 7.17. The highest BCUT2D eigenvalue weighted by atomic mass is 127. The monoisotopic (exact) mass is 704 g/mol. The molecule has 0 spiro atoms. The number of carbonyl (C=O) groups excluding carboxylic acids is 2. The number of fused-ring (bicyclic) bond motifs is 1. The molecular weight excluding hydrogens is 663 g/mol. The molecule has 2 atom stereocenters. The quantitative estimate of drug-likeness (QED) is 0.148. The largest absolute Gasteiger partial charge is 0.433 e. The van der Waals surface area contributed by atoms with Gasteiger partial charge in [0.05, 0.1) is 5.92 Å². The molecule has 6 rings (SSSR count). The van der Waals surface area contributed by atoms with Crippen LogP contribution in [0.1, 0.15) is 50.2 Å². The van der Waals surface area contributed by atoms with Crippen LogP contribution in [-0.2, 0) is 22.6 Å². The maximum Gasteiger partial charge on any atom is 0.411 e. The van der Waals surface area contributed by atoms with Crippen LogP contribution in [0, 0.1) is 5.92 Å². The molecule has 4 aromatic rings. The number of alkyl halides is 1. The summed E-state index contributed by atoms with van der Waals surface area (Å²) < 4.78 is 7.31. The zero-order chi connectivity index (χ0) is 30.8. The van der Waals surface area contributed by atoms with E-state index in [1.165, 1.54) is 0 Å². The van der Waals surface area contributed by atoms with Crippen molar-refractivity contribution in [1.82, 2.24) is 14.4 Å². The smallest absolute Gasteiger partial charge is 0.411 e. The zero-order valence-electron chi connectivity index (χ0n) is 25.5. The molecule has 3 aromatic carbocycles. The van der Waals surface area contributed by atoms with Crippen LogP contribution in [0.2, 0.25) is 0 Å². The first-order chi connectivity index (χ1) is 21.2. The van der Waals surface area contributed by atoms with Gasteiger partial charge in [0, 0.05) is 55.9 Å². The Balaban J connectivity index is 1.34. The van der Waals surface area contributed by atoms with E-state index in [0.29, 0.717) is 32.6 Å². The molecule has 0 radical (unpaired) electrons. The van der Waals surface area contributed by atoms with Gasteiger partial charge in [-0.2, -0.15) is 0 Å². The minimum absolute atomic E-state index is 0.0114. The van der Waals surface area contributed by atoms with Crippen molar-refractivity contribution in [2.45, 2.75) is 61.8 Å². The lowest BCUT2D eigenvalue weighted by Crippen LogP contribution is -2.50. The van der Waals surface area contributed by atoms with Crippen molar-refractivity contribution in [3.8, 4) is 11.1 Å². The second-order valence-electron chi connectivity index (χ2n) is 12.5. The van der Waals surface area contributed by atoms with Gasteiger partial charge in [-0.1, -0.05) is 72.8 Å². The van der Waals surface area contributed by atoms with E-state index in [0.717, 1.165) is 52.5 Å². The van der Waals surface area contributed by atoms with E-state index in [-0.39, 0.29) is 29.9 Å². The summed E-state index contributed by atoms with van der Waals surface area (Å²) in [7, 11) is 0. The van der Waals surface area contributed by atoms with Gasteiger partial charge in [0.2, 0.25) is 5.91 Å². The standard InChI is InChI=1S/C36H41IN4O3/c1-36(2,37)44-35(43)40-19-17-30(27-12-8-11-26(21-27)25-9-4-3-5-10-25)32(24-40)34(42)41(29-15-16-29)23-28-22-39(20-18-38)33-14-7-6-13-31(28)33/h3-14,21-22,29-30,32H,15-20,23-24,38H2,1-2H3/t30-,32+/m1/s1. The molecule has 7 nitrogen and oxygen atoms in total. The summed E-state index contributed by atoms with van der Waals surface area (Å²) in [5, 5.41) is 1.16. The molecular formula is C36H41IN4O3. The van der Waals surface area contributed by atoms with Crippen molar-refractivity contribution < 1.29 is 14.3 Å². The molecule has 1 saturated carbocycles. The van der Waals surface area contributed by atoms with Gasteiger partial charge in [-0.15, -0.1) is 0 Å². The molecule has 1 aliphatic heterocycles. The molecule has 2 amide bonds. The van der Waals surface area contributed by atoms with Crippen molar-refractivity contribution in [3.63, 3.8) is 0 Å². The lowest BCUT2D eigenvalue weighted by Gasteiger charge is -2.40. The van der Waals surface area contributed by atoms with Gasteiger partial charge in [-0.3, -0.25) is 4.79 Å². The minimum Gasteiger partial charge on any atom is -0.433 e. The number of likely N-dealkylation sites (tertiary alicyclic amines) is 1. The first-order valence-electron chi connectivity index (χ1n) is 15.6. The first kappa shape index (κ1) is 30.6. The number of hydrogen-bond acceptors (Lipinski definition) is 4. The summed E-state index contributed by atoms with van der Waals surface area (Å²) in [6, 6.07) is 27.5. The summed E-state index contributed by atoms with van der Waals surface area (Å²) in [4.78, 5) is 31.8. The van der Waals surface area contributed by atoms with Crippen LogP contribution in [0.5, 0.6) is 0 Å². The van der Waals surface area contributed by atoms with Crippen molar-refractivity contribution in [3.05, 3.63) is 96.2 Å². The number of amides is 2. The Labute approximate surface area is 273 Å². The first-order valence-corrected chi connectivity index (χ1v) is 16.7. The molecule has 1 aromatic heterocycles. The SMILES string of the molecule is CC(C)(I)OC(=O)N1CC[C@H](c2cccc(-c3ccccc3)c2)[C@@H](C(=O)N(Cc2cn(CCN)c3ccccc23)C2CC2)C1. The van der Waals surface area contributed by atoms with E-state index in [1.807, 2.05) is 38.1 Å². The number of ether oxygens (including phenoxy) is 1. The van der Waals surface area contributed by atoms with Crippen molar-refractivity contribution >= 4 is 45.5 Å². The maximum absolute atomic E-state index is 14.8. The van der Waals surface area contributed by atoms with Gasteiger partial charge in [0.1, 0.15) is 0 Å². The number of aromatic nitrogens is 1. The van der Waals surface area contributed by atoms with Crippen LogP contribution < -0.4 is 5.73 Å². The van der Waals surface area contributed by atoms with Crippen LogP contribution in [0.25, 0.3) is 22.0 Å². The summed E-state index contributed by atoms with van der Waals surface area (Å²) in [5.41, 5.74) is 11.6. The number of para-hydroxylation sites is 1. The van der Waals surface area contributed by atoms with E-state index in [2.05, 4.69) is 92.9 Å². The highest BCUT2D eigenvalue weighted by Crippen LogP contribution is 2.40. The minimum atomic E-state index is -0.632. The van der Waals surface area contributed by atoms with Crippen molar-refractivity contribution in [2.75, 3.05) is 19.6 Å². The highest BCUT2D eigenvalue weighted by Gasteiger charge is 2.43. The Bertz CT molecular complexity index is 1630. The van der Waals surface area contributed by atoms with Crippen molar-refractivity contribution in [2.24, 2.45) is 11.7 Å². The van der Waals surface area contributed by atoms with E-state index in [4.69, 9.17) is 10.5 Å². The second-order valence-corrected chi connectivity index (χ2v) is 15.1. The van der Waals surface area contributed by atoms with Gasteiger partial charge < -0.3 is 24.8 Å². The molecule has 1 saturated heterocycles. The summed E-state index contributed by atoms with van der Waals surface area (Å²) in [5.74, 6) is -0.273. The van der Waals surface area contributed by atoms with Crippen LogP contribution in [0.15, 0.2) is 85.1 Å². The zero-order valence-corrected chi connectivity index (χ0v) is 27.7. The number of nitrogens with two attached hydrogens (primary N) is 1. The van der Waals surface area contributed by atoms with Gasteiger partial charge in [0.25, 0.3) is 0 Å². The van der Waals surface area contributed by atoms with Crippen LogP contribution in [0.4, 0.5) is 4.79 Å². The third kappa shape index (κ3) is 6.81. The van der Waals surface area contributed by atoms with Crippen LogP contribution >= 0.6 is 22.6 Å². The van der Waals surface area contributed by atoms with Gasteiger partial charge >= 0.3 is 6.09 Å². The topological polar surface area (TPSA) is 80.8 Å². The summed E-state index contributed by atoms with van der Waals surface area (Å²) in [6.07, 6.45) is 4.50. The number of carbonyl (C=O) groups is 2. The van der Waals surface area contributed by atoms with E-state index in [1.54, 1.807) is 4.90 Å². The third-order valence-corrected chi connectivity index (χ3v) is 9.01. The fourth-order valence-electron chi connectivity index (χ4n) is 6.56. The van der Waals surface area contributed by atoms with Crippen molar-refractivity contribution in [1.29, 1.82) is 0 Å². The Morgan fingerprint density at radius 1 is 0.977 bits per heavy atom. The van der Waals surface area contributed by atoms with Gasteiger partial charge in [0.15, 0.2) is 3.61 Å². The molecule has 230 valence electrons. The van der Waals surface area contributed by atoms with E-state index in [9.17, 15) is 9.59 Å². The number of halogens is 1. The molecule has 2 N–H and O–H groups in total. The molecule has 0 bridgehead atoms. The summed E-state index contributed by atoms with van der Waals surface area (Å²) in [6.45, 7) is 6.44. The molecule has 0 unspecified atom stereocenters. The normalized spacial score (nSPS) is 18.8. The molecule has 2 heterocycles. The molecule has 2 aliphatic rings. The number of piperidine rings is 1. The Kier molecular flexibility index (Phi) is 9.01. The lowest BCUT2D eigenvalue weighted by molar-refractivity contribution is -0.139. The fraction of sp³-hybridized carbons (Fsp3) is 0.389. The average Bonchev–Trinajstić information content (AvgIpc) is 3.81. The highest BCUT2D eigenvalue weighted by molar-refractivity contribution is 14.1. The average molecular weight is 705 g/mol. The number of rotatable bonds is 9. The summed E-state index contributed by atoms with van der Waals surface area (Å²) >= 11 is 2.13. The maximum atomic E-state index is 14.8. The van der Waals surface area contributed by atoms with Crippen LogP contribution in [0.3, 0.4) is 0 Å². The number of hydrogen-bond donors (Lipinski definition) is 1. The number of nitrogens with zero attached hydrogens (tertiary/aromatic N) is 3. The second kappa shape index (κ2) is 12.9.